The second-order valence-corrected chi connectivity index (χ2v) is 13.8. The fourth-order valence-electron chi connectivity index (χ4n) is 2.71. The molecule has 0 radical (unpaired) electrons. The van der Waals surface area contributed by atoms with E-state index in [4.69, 9.17) is 9.16 Å². The normalized spacial score (nSPS) is 25.0. The van der Waals surface area contributed by atoms with E-state index in [1.165, 1.54) is 10.8 Å². The quantitative estimate of drug-likeness (QED) is 0.381. The molecule has 2 N–H and O–H groups in total. The van der Waals surface area contributed by atoms with Gasteiger partial charge in [0.1, 0.15) is 12.3 Å². The molecule has 2 rings (SSSR count). The summed E-state index contributed by atoms with van der Waals surface area (Å²) >= 11 is 0. The van der Waals surface area contributed by atoms with Crippen molar-refractivity contribution in [3.05, 3.63) is 32.6 Å². The maximum Gasteiger partial charge on any atom is 0.491 e. The van der Waals surface area contributed by atoms with E-state index in [9.17, 15) is 24.2 Å². The first-order valence-corrected chi connectivity index (χ1v) is 12.9. The first kappa shape index (κ1) is 23.1. The van der Waals surface area contributed by atoms with Crippen LogP contribution in [0.5, 0.6) is 0 Å². The van der Waals surface area contributed by atoms with Crippen LogP contribution < -0.4 is 16.1 Å². The fourth-order valence-corrected chi connectivity index (χ4v) is 4.34. The summed E-state index contributed by atoms with van der Waals surface area (Å²) in [6, 6.07) is 0. The molecular weight excluding hydrogens is 407 g/mol. The summed E-state index contributed by atoms with van der Waals surface area (Å²) in [5, 5.41) is 10.0. The summed E-state index contributed by atoms with van der Waals surface area (Å²) in [6.45, 7) is 11.7. The summed E-state index contributed by atoms with van der Waals surface area (Å²) < 4.78 is 28.6. The molecule has 0 bridgehead atoms. The van der Waals surface area contributed by atoms with Gasteiger partial charge < -0.3 is 19.2 Å². The molecule has 10 nitrogen and oxygen atoms in total. The van der Waals surface area contributed by atoms with E-state index in [-0.39, 0.29) is 11.5 Å². The van der Waals surface area contributed by atoms with Gasteiger partial charge in [-0.1, -0.05) is 20.8 Å². The molecule has 1 aromatic rings. The van der Waals surface area contributed by atoms with Gasteiger partial charge in [-0.25, -0.2) is 4.79 Å². The zero-order chi connectivity index (χ0) is 21.4. The summed E-state index contributed by atoms with van der Waals surface area (Å²) in [4.78, 5) is 36.9. The van der Waals surface area contributed by atoms with Crippen LogP contribution in [0.1, 0.15) is 39.0 Å². The Morgan fingerprint density at radius 3 is 2.57 bits per heavy atom. The molecule has 2 unspecified atom stereocenters. The Morgan fingerprint density at radius 2 is 2.04 bits per heavy atom. The molecule has 0 saturated carbocycles. The number of ether oxygens (including phenoxy) is 1. The van der Waals surface area contributed by atoms with Crippen LogP contribution in [0.15, 0.2) is 15.8 Å². The Hall–Kier alpha value is -1.20. The minimum Gasteiger partial charge on any atom is -0.566 e. The lowest BCUT2D eigenvalue weighted by molar-refractivity contribution is -0.219. The first-order valence-electron chi connectivity index (χ1n) is 8.87. The lowest BCUT2D eigenvalue weighted by Crippen LogP contribution is -2.48. The van der Waals surface area contributed by atoms with E-state index in [0.717, 1.165) is 0 Å². The van der Waals surface area contributed by atoms with Crippen molar-refractivity contribution in [2.24, 2.45) is 0 Å². The zero-order valence-electron chi connectivity index (χ0n) is 16.8. The van der Waals surface area contributed by atoms with Crippen molar-refractivity contribution in [3.63, 3.8) is 0 Å². The number of aromatic nitrogens is 2. The molecule has 1 aliphatic rings. The largest absolute Gasteiger partial charge is 0.566 e. The lowest BCUT2D eigenvalue weighted by Gasteiger charge is -2.39. The van der Waals surface area contributed by atoms with Crippen molar-refractivity contribution in [1.29, 1.82) is 0 Å². The molecule has 1 fully saturated rings. The minimum absolute atomic E-state index is 0.142. The predicted octanol–water partition coefficient (Wildman–Crippen LogP) is 0.876. The van der Waals surface area contributed by atoms with Crippen LogP contribution >= 0.6 is 8.25 Å². The third kappa shape index (κ3) is 5.04. The summed E-state index contributed by atoms with van der Waals surface area (Å²) in [5.74, 6) is 0. The Bertz CT molecular complexity index is 846. The van der Waals surface area contributed by atoms with Crippen molar-refractivity contribution < 1.29 is 28.3 Å². The van der Waals surface area contributed by atoms with Crippen LogP contribution in [0.2, 0.25) is 18.1 Å². The molecule has 5 atom stereocenters. The van der Waals surface area contributed by atoms with Gasteiger partial charge in [-0.2, -0.15) is 0 Å². The van der Waals surface area contributed by atoms with Crippen LogP contribution in [-0.4, -0.2) is 41.5 Å². The van der Waals surface area contributed by atoms with Gasteiger partial charge in [0.25, 0.3) is 5.56 Å². The summed E-state index contributed by atoms with van der Waals surface area (Å²) in [7, 11) is -5.61. The number of nitrogens with zero attached hydrogens (tertiary/aromatic N) is 1. The topological polar surface area (TPSA) is 143 Å². The molecule has 0 spiro atoms. The molecule has 2 heterocycles. The monoisotopic (exact) mass is 434 g/mol. The number of hydrogen-bond donors (Lipinski definition) is 2. The molecular formula is C16H27N2O8PSi. The van der Waals surface area contributed by atoms with E-state index in [0.29, 0.717) is 5.56 Å². The third-order valence-electron chi connectivity index (χ3n) is 5.30. The SMILES string of the molecule is Cc1cn([C@H]2C[C@H](O[Si](C)(C)C(C)(C)C)[C@@H](C(O)O[P+](=O)[O-])O2)c(=O)[nH]c1=O. The number of aryl methyl sites for hydroxylation is 1. The van der Waals surface area contributed by atoms with E-state index < -0.39 is 52.5 Å². The average Bonchev–Trinajstić information content (AvgIpc) is 2.92. The van der Waals surface area contributed by atoms with E-state index in [1.807, 2.05) is 33.9 Å². The molecule has 158 valence electrons. The Morgan fingerprint density at radius 1 is 1.43 bits per heavy atom. The first-order chi connectivity index (χ1) is 12.7. The second-order valence-electron chi connectivity index (χ2n) is 8.41. The highest BCUT2D eigenvalue weighted by atomic mass is 31.1. The number of nitrogens with one attached hydrogen (secondary N) is 1. The number of aliphatic hydroxyl groups excluding tert-OH is 1. The molecule has 1 aliphatic heterocycles. The van der Waals surface area contributed by atoms with Crippen molar-refractivity contribution in [1.82, 2.24) is 9.55 Å². The highest BCUT2D eigenvalue weighted by Crippen LogP contribution is 2.42. The predicted molar refractivity (Wildman–Crippen MR) is 101 cm³/mol. The van der Waals surface area contributed by atoms with Gasteiger partial charge >= 0.3 is 13.9 Å². The molecule has 0 amide bonds. The molecule has 0 aliphatic carbocycles. The number of aliphatic hydroxyl groups is 1. The number of hydrogen-bond acceptors (Lipinski definition) is 8. The summed E-state index contributed by atoms with van der Waals surface area (Å²) in [5.41, 5.74) is -0.859. The summed E-state index contributed by atoms with van der Waals surface area (Å²) in [6.07, 6.45) is -2.91. The number of rotatable bonds is 6. The van der Waals surface area contributed by atoms with Gasteiger partial charge in [0.05, 0.1) is 6.10 Å². The Kier molecular flexibility index (Phi) is 6.82. The van der Waals surface area contributed by atoms with Gasteiger partial charge in [0, 0.05) is 18.2 Å². The molecule has 28 heavy (non-hydrogen) atoms. The van der Waals surface area contributed by atoms with Crippen LogP contribution in [-0.2, 0) is 18.3 Å². The standard InChI is InChI=1S/C16H27N2O8PSi/c1-9-8-18(15(21)17-13(9)19)11-7-10(26-28(5,6)16(2,3)4)12(24-11)14(20)25-27(22)23/h8,10-12,14,20H,7H2,1-6H3,(H,17,19,21)/t10-,11+,12-,14?/m0/s1. The highest BCUT2D eigenvalue weighted by molar-refractivity contribution is 7.30. The maximum absolute atomic E-state index is 12.2. The van der Waals surface area contributed by atoms with E-state index in [1.54, 1.807) is 6.92 Å². The van der Waals surface area contributed by atoms with Crippen LogP contribution in [0, 0.1) is 6.92 Å². The van der Waals surface area contributed by atoms with Gasteiger partial charge in [-0.3, -0.25) is 14.3 Å². The van der Waals surface area contributed by atoms with Crippen LogP contribution in [0.4, 0.5) is 0 Å². The highest BCUT2D eigenvalue weighted by Gasteiger charge is 2.48. The van der Waals surface area contributed by atoms with Gasteiger partial charge in [0.15, 0.2) is 8.32 Å². The molecule has 0 aromatic carbocycles. The Balaban J connectivity index is 2.36. The zero-order valence-corrected chi connectivity index (χ0v) is 18.7. The average molecular weight is 434 g/mol. The number of H-pyrrole nitrogens is 1. The van der Waals surface area contributed by atoms with Gasteiger partial charge in [0.2, 0.25) is 6.29 Å². The van der Waals surface area contributed by atoms with Gasteiger partial charge in [-0.05, 0) is 29.6 Å². The van der Waals surface area contributed by atoms with Crippen molar-refractivity contribution in [2.75, 3.05) is 0 Å². The third-order valence-corrected chi connectivity index (χ3v) is 10.2. The van der Waals surface area contributed by atoms with Crippen molar-refractivity contribution in [2.45, 2.75) is 77.0 Å². The van der Waals surface area contributed by atoms with E-state index >= 15 is 0 Å². The lowest BCUT2D eigenvalue weighted by atomic mass is 10.2. The van der Waals surface area contributed by atoms with Crippen molar-refractivity contribution in [3.8, 4) is 0 Å². The van der Waals surface area contributed by atoms with Crippen molar-refractivity contribution >= 4 is 16.6 Å². The minimum atomic E-state index is -3.31. The molecule has 1 aromatic heterocycles. The van der Waals surface area contributed by atoms with Crippen LogP contribution in [0.25, 0.3) is 0 Å². The smallest absolute Gasteiger partial charge is 0.491 e. The second kappa shape index (κ2) is 8.27. The Labute approximate surface area is 164 Å². The molecule has 1 saturated heterocycles. The molecule has 12 heteroatoms. The number of aromatic amines is 1. The van der Waals surface area contributed by atoms with Gasteiger partial charge in [-0.15, -0.1) is 4.52 Å². The maximum atomic E-state index is 12.2. The van der Waals surface area contributed by atoms with Crippen LogP contribution in [0.3, 0.4) is 0 Å². The van der Waals surface area contributed by atoms with E-state index in [2.05, 4.69) is 9.51 Å². The fraction of sp³-hybridized carbons (Fsp3) is 0.750.